The van der Waals surface area contributed by atoms with Crippen molar-refractivity contribution < 1.29 is 23.4 Å². The van der Waals surface area contributed by atoms with Crippen LogP contribution >= 0.6 is 0 Å². The molecule has 30 heavy (non-hydrogen) atoms. The van der Waals surface area contributed by atoms with Gasteiger partial charge in [0.25, 0.3) is 0 Å². The van der Waals surface area contributed by atoms with E-state index < -0.39 is 18.3 Å². The highest BCUT2D eigenvalue weighted by molar-refractivity contribution is 5.77. The molecule has 0 aromatic rings. The van der Waals surface area contributed by atoms with E-state index in [4.69, 9.17) is 0 Å². The van der Waals surface area contributed by atoms with Gasteiger partial charge in [-0.05, 0) is 91.8 Å². The van der Waals surface area contributed by atoms with Gasteiger partial charge in [0.05, 0.1) is 13.2 Å². The van der Waals surface area contributed by atoms with Gasteiger partial charge >= 0.3 is 11.9 Å². The van der Waals surface area contributed by atoms with E-state index in [2.05, 4.69) is 24.7 Å². The minimum Gasteiger partial charge on any atom is -0.465 e. The fourth-order valence-electron chi connectivity index (χ4n) is 8.40. The Kier molecular flexibility index (Phi) is 5.61. The topological polar surface area (TPSA) is 46.5 Å². The molecular formula is C25H38F2O3. The van der Waals surface area contributed by atoms with Crippen molar-refractivity contribution in [3.63, 3.8) is 0 Å². The van der Waals surface area contributed by atoms with Crippen molar-refractivity contribution in [3.8, 4) is 0 Å². The van der Waals surface area contributed by atoms with Crippen LogP contribution in [0.3, 0.4) is 0 Å². The van der Waals surface area contributed by atoms with Crippen LogP contribution < -0.4 is 0 Å². The molecule has 4 aliphatic rings. The van der Waals surface area contributed by atoms with E-state index in [0.29, 0.717) is 17.8 Å². The lowest BCUT2D eigenvalue weighted by Crippen LogP contribution is -2.51. The number of esters is 1. The second-order valence-corrected chi connectivity index (χ2v) is 11.3. The number of hydrogen-bond donors (Lipinski definition) is 1. The Labute approximate surface area is 179 Å². The molecule has 0 heterocycles. The number of aliphatic hydroxyl groups excluding tert-OH is 1. The first-order chi connectivity index (χ1) is 14.0. The molecular weight excluding hydrogens is 386 g/mol. The molecule has 0 aromatic heterocycles. The fraction of sp³-hybridized carbons (Fsp3) is 0.880. The van der Waals surface area contributed by atoms with Crippen LogP contribution in [0.4, 0.5) is 8.78 Å². The van der Waals surface area contributed by atoms with Crippen LogP contribution in [0, 0.1) is 40.4 Å². The number of fused-ring (bicyclic) bond motifs is 5. The minimum atomic E-state index is -3.40. The summed E-state index contributed by atoms with van der Waals surface area (Å²) in [6.07, 6.45) is 9.98. The summed E-state index contributed by atoms with van der Waals surface area (Å²) in [7, 11) is 1.03. The van der Waals surface area contributed by atoms with Gasteiger partial charge in [0.1, 0.15) is 0 Å². The van der Waals surface area contributed by atoms with Crippen molar-refractivity contribution in [1.29, 1.82) is 0 Å². The van der Waals surface area contributed by atoms with E-state index in [0.717, 1.165) is 58.5 Å². The highest BCUT2D eigenvalue weighted by Gasteiger charge is 2.60. The average Bonchev–Trinajstić information content (AvgIpc) is 3.04. The van der Waals surface area contributed by atoms with Crippen molar-refractivity contribution in [1.82, 2.24) is 0 Å². The van der Waals surface area contributed by atoms with E-state index >= 15 is 0 Å². The molecule has 0 radical (unpaired) electrons. The summed E-state index contributed by atoms with van der Waals surface area (Å²) in [5.74, 6) is -2.96. The Morgan fingerprint density at radius 2 is 1.97 bits per heavy atom. The zero-order valence-electron chi connectivity index (χ0n) is 18.9. The predicted molar refractivity (Wildman–Crippen MR) is 112 cm³/mol. The second kappa shape index (κ2) is 7.56. The normalized spacial score (nSPS) is 44.4. The number of halogens is 2. The van der Waals surface area contributed by atoms with E-state index in [1.807, 2.05) is 6.92 Å². The minimum absolute atomic E-state index is 0.0721. The van der Waals surface area contributed by atoms with Gasteiger partial charge in [-0.25, -0.2) is 4.79 Å². The molecule has 0 amide bonds. The Morgan fingerprint density at radius 3 is 2.67 bits per heavy atom. The number of alkyl halides is 2. The molecule has 8 atom stereocenters. The van der Waals surface area contributed by atoms with E-state index in [9.17, 15) is 18.7 Å². The summed E-state index contributed by atoms with van der Waals surface area (Å²) in [4.78, 5) is 11.5. The molecule has 0 spiro atoms. The Hall–Kier alpha value is -0.970. The van der Waals surface area contributed by atoms with Gasteiger partial charge in [-0.15, -0.1) is 0 Å². The summed E-state index contributed by atoms with van der Waals surface area (Å²) in [5, 5.41) is 10.2. The lowest BCUT2D eigenvalue weighted by atomic mass is 9.47. The first kappa shape index (κ1) is 22.2. The summed E-state index contributed by atoms with van der Waals surface area (Å²) in [6, 6.07) is 0. The summed E-state index contributed by atoms with van der Waals surface area (Å²) in [5.41, 5.74) is 1.74. The third kappa shape index (κ3) is 3.34. The quantitative estimate of drug-likeness (QED) is 0.461. The smallest absolute Gasteiger partial charge is 0.376 e. The lowest BCUT2D eigenvalue weighted by Gasteiger charge is -2.58. The van der Waals surface area contributed by atoms with Gasteiger partial charge in [-0.3, -0.25) is 0 Å². The molecule has 0 aliphatic heterocycles. The highest BCUT2D eigenvalue weighted by Crippen LogP contribution is 2.67. The SMILES string of the molecule is COC(=O)C(F)(F)C[C@@H](C)[C@H]1CC[C@H]2C3CC=C4C[C@@H](O)CC[C@]4(C)C3CC[C@]12C. The number of aliphatic hydroxyl groups is 1. The molecule has 5 heteroatoms. The van der Waals surface area contributed by atoms with Crippen LogP contribution in [0.1, 0.15) is 78.6 Å². The van der Waals surface area contributed by atoms with Crippen LogP contribution in [0.25, 0.3) is 0 Å². The first-order valence-electron chi connectivity index (χ1n) is 11.9. The monoisotopic (exact) mass is 424 g/mol. The van der Waals surface area contributed by atoms with Gasteiger partial charge in [0, 0.05) is 6.42 Å². The summed E-state index contributed by atoms with van der Waals surface area (Å²) >= 11 is 0. The number of ether oxygens (including phenoxy) is 1. The molecule has 3 fully saturated rings. The number of carbonyl (C=O) groups is 1. The summed E-state index contributed by atoms with van der Waals surface area (Å²) in [6.45, 7) is 6.66. The highest BCUT2D eigenvalue weighted by atomic mass is 19.3. The standard InChI is InChI=1S/C25H38F2O3/c1-15(14-25(26,27)22(29)30-4)19-7-8-20-18-6-5-16-13-17(28)9-11-23(16,2)21(18)10-12-24(19,20)3/h5,15,17-21,28H,6-14H2,1-4H3/t15-,17+,18?,19-,20+,21?,23+,24-/m1/s1. The zero-order valence-corrected chi connectivity index (χ0v) is 18.9. The number of methoxy groups -OCH3 is 1. The molecule has 2 unspecified atom stereocenters. The molecule has 0 saturated heterocycles. The van der Waals surface area contributed by atoms with Gasteiger partial charge in [0.15, 0.2) is 0 Å². The van der Waals surface area contributed by atoms with Crippen LogP contribution in [0.5, 0.6) is 0 Å². The number of carbonyl (C=O) groups excluding carboxylic acids is 1. The van der Waals surface area contributed by atoms with Crippen molar-refractivity contribution >= 4 is 5.97 Å². The fourth-order valence-corrected chi connectivity index (χ4v) is 8.40. The second-order valence-electron chi connectivity index (χ2n) is 11.3. The van der Waals surface area contributed by atoms with Crippen LogP contribution in [-0.2, 0) is 9.53 Å². The van der Waals surface area contributed by atoms with Gasteiger partial charge in [-0.1, -0.05) is 32.4 Å². The van der Waals surface area contributed by atoms with E-state index in [1.54, 1.807) is 0 Å². The maximum Gasteiger partial charge on any atom is 0.376 e. The van der Waals surface area contributed by atoms with Crippen LogP contribution in [-0.4, -0.2) is 30.2 Å². The third-order valence-electron chi connectivity index (χ3n) is 9.90. The molecule has 0 aromatic carbocycles. The van der Waals surface area contributed by atoms with Crippen LogP contribution in [0.15, 0.2) is 11.6 Å². The maximum absolute atomic E-state index is 14.3. The largest absolute Gasteiger partial charge is 0.465 e. The molecule has 4 rings (SSSR count). The predicted octanol–water partition coefficient (Wildman–Crippen LogP) is 5.76. The van der Waals surface area contributed by atoms with Gasteiger partial charge in [0.2, 0.25) is 0 Å². The van der Waals surface area contributed by atoms with Crippen molar-refractivity contribution in [2.75, 3.05) is 7.11 Å². The molecule has 1 N–H and O–H groups in total. The lowest BCUT2D eigenvalue weighted by molar-refractivity contribution is -0.172. The molecule has 170 valence electrons. The Bertz CT molecular complexity index is 719. The zero-order chi connectivity index (χ0) is 21.9. The molecule has 3 saturated carbocycles. The Balaban J connectivity index is 1.53. The van der Waals surface area contributed by atoms with E-state index in [-0.39, 0.29) is 28.8 Å². The van der Waals surface area contributed by atoms with Crippen molar-refractivity contribution in [3.05, 3.63) is 11.6 Å². The van der Waals surface area contributed by atoms with Crippen molar-refractivity contribution in [2.45, 2.75) is 90.6 Å². The molecule has 3 nitrogen and oxygen atoms in total. The van der Waals surface area contributed by atoms with Crippen molar-refractivity contribution in [2.24, 2.45) is 40.4 Å². The first-order valence-corrected chi connectivity index (χ1v) is 11.9. The molecule has 0 bridgehead atoms. The third-order valence-corrected chi connectivity index (χ3v) is 9.90. The number of hydrogen-bond acceptors (Lipinski definition) is 3. The maximum atomic E-state index is 14.3. The van der Waals surface area contributed by atoms with Gasteiger partial charge < -0.3 is 9.84 Å². The number of allylic oxidation sites excluding steroid dienone is 1. The summed E-state index contributed by atoms with van der Waals surface area (Å²) < 4.78 is 32.9. The number of rotatable bonds is 4. The Morgan fingerprint density at radius 1 is 1.23 bits per heavy atom. The van der Waals surface area contributed by atoms with Crippen LogP contribution in [0.2, 0.25) is 0 Å². The van der Waals surface area contributed by atoms with Gasteiger partial charge in [-0.2, -0.15) is 8.78 Å². The average molecular weight is 425 g/mol. The van der Waals surface area contributed by atoms with E-state index in [1.165, 1.54) is 5.57 Å². The molecule has 4 aliphatic carbocycles.